The van der Waals surface area contributed by atoms with Crippen LogP contribution in [0.5, 0.6) is 0 Å². The van der Waals surface area contributed by atoms with Crippen LogP contribution >= 0.6 is 0 Å². The third kappa shape index (κ3) is 1.29. The van der Waals surface area contributed by atoms with Gasteiger partial charge in [0.25, 0.3) is 0 Å². The van der Waals surface area contributed by atoms with E-state index in [2.05, 4.69) is 4.98 Å². The van der Waals surface area contributed by atoms with Crippen LogP contribution in [0.1, 0.15) is 25.3 Å². The second-order valence-corrected chi connectivity index (χ2v) is 1.79. The zero-order valence-electron chi connectivity index (χ0n) is 5.24. The average molecular weight is 127 g/mol. The number of hydrogen-bond donors (Lipinski definition) is 1. The lowest BCUT2D eigenvalue weighted by Crippen LogP contribution is -1.93. The first-order valence-corrected chi connectivity index (χ1v) is 2.92. The van der Waals surface area contributed by atoms with Crippen molar-refractivity contribution in [1.29, 1.82) is 0 Å². The Bertz CT molecular complexity index is 160. The highest BCUT2D eigenvalue weighted by Gasteiger charge is 2.07. The molecule has 1 heterocycles. The Kier molecular flexibility index (Phi) is 1.85. The Morgan fingerprint density at radius 2 is 2.67 bits per heavy atom. The Balaban J connectivity index is 2.65. The van der Waals surface area contributed by atoms with Crippen molar-refractivity contribution in [2.45, 2.75) is 19.4 Å². The summed E-state index contributed by atoms with van der Waals surface area (Å²) in [6.07, 6.45) is 3.07. The molecule has 0 saturated heterocycles. The van der Waals surface area contributed by atoms with E-state index in [1.54, 1.807) is 0 Å². The molecule has 0 aliphatic heterocycles. The largest absolute Gasteiger partial charge is 0.446 e. The van der Waals surface area contributed by atoms with Crippen molar-refractivity contribution in [3.63, 3.8) is 0 Å². The van der Waals surface area contributed by atoms with Gasteiger partial charge in [-0.1, -0.05) is 6.92 Å². The number of oxazole rings is 1. The molecular weight excluding hydrogens is 118 g/mol. The molecule has 3 nitrogen and oxygen atoms in total. The molecule has 1 N–H and O–H groups in total. The highest BCUT2D eigenvalue weighted by Crippen LogP contribution is 2.11. The van der Waals surface area contributed by atoms with Gasteiger partial charge in [-0.2, -0.15) is 0 Å². The molecule has 3 heteroatoms. The second-order valence-electron chi connectivity index (χ2n) is 1.79. The van der Waals surface area contributed by atoms with Crippen LogP contribution in [0.2, 0.25) is 0 Å². The number of hydrogen-bond acceptors (Lipinski definition) is 3. The van der Waals surface area contributed by atoms with E-state index in [1.807, 2.05) is 6.92 Å². The molecule has 0 aliphatic rings. The maximum atomic E-state index is 9.06. The van der Waals surface area contributed by atoms with E-state index in [0.29, 0.717) is 12.3 Å². The van der Waals surface area contributed by atoms with Crippen LogP contribution in [0.3, 0.4) is 0 Å². The van der Waals surface area contributed by atoms with Gasteiger partial charge in [0.05, 0.1) is 6.20 Å². The molecule has 0 aliphatic carbocycles. The lowest BCUT2D eigenvalue weighted by atomic mass is 10.3. The van der Waals surface area contributed by atoms with Crippen molar-refractivity contribution in [3.05, 3.63) is 18.4 Å². The van der Waals surface area contributed by atoms with E-state index in [1.165, 1.54) is 12.5 Å². The molecule has 1 aromatic rings. The lowest BCUT2D eigenvalue weighted by Gasteiger charge is -1.98. The second kappa shape index (κ2) is 2.64. The van der Waals surface area contributed by atoms with Gasteiger partial charge in [0.1, 0.15) is 12.4 Å². The topological polar surface area (TPSA) is 46.3 Å². The lowest BCUT2D eigenvalue weighted by molar-refractivity contribution is 0.139. The fourth-order valence-corrected chi connectivity index (χ4v) is 0.574. The molecule has 0 amide bonds. The highest BCUT2D eigenvalue weighted by atomic mass is 16.4. The summed E-state index contributed by atoms with van der Waals surface area (Å²) < 4.78 is 4.83. The maximum absolute atomic E-state index is 9.06. The van der Waals surface area contributed by atoms with Crippen molar-refractivity contribution in [1.82, 2.24) is 4.98 Å². The van der Waals surface area contributed by atoms with Crippen molar-refractivity contribution >= 4 is 0 Å². The number of rotatable bonds is 2. The standard InChI is InChI=1S/C6H9NO2/c1-2-5(8)6-7-3-4-9-6/h3-5,8H,2H2,1H3. The zero-order chi connectivity index (χ0) is 6.69. The molecule has 0 spiro atoms. The minimum Gasteiger partial charge on any atom is -0.446 e. The van der Waals surface area contributed by atoms with Gasteiger partial charge in [0.2, 0.25) is 5.89 Å². The van der Waals surface area contributed by atoms with Crippen LogP contribution in [0.25, 0.3) is 0 Å². The summed E-state index contributed by atoms with van der Waals surface area (Å²) in [5.74, 6) is 0.400. The third-order valence-electron chi connectivity index (χ3n) is 1.12. The summed E-state index contributed by atoms with van der Waals surface area (Å²) in [4.78, 5) is 3.77. The predicted molar refractivity (Wildman–Crippen MR) is 31.8 cm³/mol. The summed E-state index contributed by atoms with van der Waals surface area (Å²) in [6, 6.07) is 0. The normalized spacial score (nSPS) is 13.6. The van der Waals surface area contributed by atoms with Gasteiger partial charge < -0.3 is 9.52 Å². The van der Waals surface area contributed by atoms with Crippen molar-refractivity contribution in [2.75, 3.05) is 0 Å². The van der Waals surface area contributed by atoms with E-state index in [9.17, 15) is 0 Å². The zero-order valence-corrected chi connectivity index (χ0v) is 5.24. The first-order valence-electron chi connectivity index (χ1n) is 2.92. The highest BCUT2D eigenvalue weighted by molar-refractivity contribution is 4.83. The van der Waals surface area contributed by atoms with Crippen molar-refractivity contribution in [2.24, 2.45) is 0 Å². The minimum atomic E-state index is -0.542. The summed E-state index contributed by atoms with van der Waals surface area (Å²) in [5, 5.41) is 9.06. The van der Waals surface area contributed by atoms with E-state index in [-0.39, 0.29) is 0 Å². The summed E-state index contributed by atoms with van der Waals surface area (Å²) in [5.41, 5.74) is 0. The van der Waals surface area contributed by atoms with E-state index >= 15 is 0 Å². The third-order valence-corrected chi connectivity index (χ3v) is 1.12. The maximum Gasteiger partial charge on any atom is 0.222 e. The van der Waals surface area contributed by atoms with E-state index in [4.69, 9.17) is 9.52 Å². The Morgan fingerprint density at radius 1 is 1.89 bits per heavy atom. The molecule has 0 radical (unpaired) electrons. The molecule has 50 valence electrons. The van der Waals surface area contributed by atoms with Gasteiger partial charge in [-0.15, -0.1) is 0 Å². The molecule has 1 atom stereocenters. The Labute approximate surface area is 53.3 Å². The Hall–Kier alpha value is -0.830. The van der Waals surface area contributed by atoms with E-state index in [0.717, 1.165) is 0 Å². The first-order chi connectivity index (χ1) is 4.34. The Morgan fingerprint density at radius 3 is 3.11 bits per heavy atom. The fourth-order valence-electron chi connectivity index (χ4n) is 0.574. The fraction of sp³-hybridized carbons (Fsp3) is 0.500. The van der Waals surface area contributed by atoms with Crippen LogP contribution in [0, 0.1) is 0 Å². The van der Waals surface area contributed by atoms with Gasteiger partial charge in [0.15, 0.2) is 0 Å². The van der Waals surface area contributed by atoms with Crippen LogP contribution in [0.4, 0.5) is 0 Å². The van der Waals surface area contributed by atoms with Gasteiger partial charge in [-0.25, -0.2) is 4.98 Å². The summed E-state index contributed by atoms with van der Waals surface area (Å²) >= 11 is 0. The monoisotopic (exact) mass is 127 g/mol. The van der Waals surface area contributed by atoms with Crippen LogP contribution in [0.15, 0.2) is 16.9 Å². The van der Waals surface area contributed by atoms with Gasteiger partial charge >= 0.3 is 0 Å². The van der Waals surface area contributed by atoms with Gasteiger partial charge in [-0.05, 0) is 6.42 Å². The molecule has 9 heavy (non-hydrogen) atoms. The van der Waals surface area contributed by atoms with Crippen molar-refractivity contribution in [3.8, 4) is 0 Å². The molecule has 0 fully saturated rings. The number of aliphatic hydroxyl groups is 1. The van der Waals surface area contributed by atoms with Gasteiger partial charge in [0, 0.05) is 0 Å². The van der Waals surface area contributed by atoms with E-state index < -0.39 is 6.10 Å². The van der Waals surface area contributed by atoms with Crippen LogP contribution < -0.4 is 0 Å². The first kappa shape index (κ1) is 6.29. The molecule has 0 saturated carbocycles. The quantitative estimate of drug-likeness (QED) is 0.647. The summed E-state index contributed by atoms with van der Waals surface area (Å²) in [7, 11) is 0. The summed E-state index contributed by atoms with van der Waals surface area (Å²) in [6.45, 7) is 1.87. The number of aliphatic hydroxyl groups excluding tert-OH is 1. The molecular formula is C6H9NO2. The van der Waals surface area contributed by atoms with Crippen LogP contribution in [-0.2, 0) is 0 Å². The molecule has 1 unspecified atom stereocenters. The predicted octanol–water partition coefficient (Wildman–Crippen LogP) is 1.12. The SMILES string of the molecule is CCC(O)c1ncco1. The molecule has 0 bridgehead atoms. The molecule has 0 aromatic carbocycles. The average Bonchev–Trinajstić information content (AvgIpc) is 2.37. The molecule has 1 rings (SSSR count). The number of nitrogens with zero attached hydrogens (tertiary/aromatic N) is 1. The smallest absolute Gasteiger partial charge is 0.222 e. The van der Waals surface area contributed by atoms with Crippen molar-refractivity contribution < 1.29 is 9.52 Å². The minimum absolute atomic E-state index is 0.400. The number of aromatic nitrogens is 1. The van der Waals surface area contributed by atoms with Gasteiger partial charge in [-0.3, -0.25) is 0 Å². The molecule has 1 aromatic heterocycles. The van der Waals surface area contributed by atoms with Crippen LogP contribution in [-0.4, -0.2) is 10.1 Å².